The van der Waals surface area contributed by atoms with E-state index in [2.05, 4.69) is 66.4 Å². The van der Waals surface area contributed by atoms with Crippen molar-refractivity contribution >= 4 is 5.96 Å². The number of rotatable bonds is 6. The van der Waals surface area contributed by atoms with Gasteiger partial charge in [0.05, 0.1) is 13.2 Å². The smallest absolute Gasteiger partial charge is 0.191 e. The second-order valence-electron chi connectivity index (χ2n) is 7.51. The molecule has 2 rings (SSSR count). The average Bonchev–Trinajstić information content (AvgIpc) is 2.58. The topological polar surface area (TPSA) is 48.9 Å². The summed E-state index contributed by atoms with van der Waals surface area (Å²) in [5, 5.41) is 6.90. The Balaban J connectivity index is 1.78. The molecular formula is C20H34N4O. The second kappa shape index (κ2) is 9.20. The van der Waals surface area contributed by atoms with Gasteiger partial charge in [0.15, 0.2) is 5.96 Å². The molecule has 1 fully saturated rings. The zero-order chi connectivity index (χ0) is 18.3. The molecule has 0 atom stereocenters. The number of morpholine rings is 1. The van der Waals surface area contributed by atoms with E-state index < -0.39 is 0 Å². The number of hydrogen-bond acceptors (Lipinski definition) is 3. The van der Waals surface area contributed by atoms with Gasteiger partial charge in [0, 0.05) is 38.8 Å². The normalized spacial score (nSPS) is 16.8. The van der Waals surface area contributed by atoms with Crippen molar-refractivity contribution in [1.82, 2.24) is 15.5 Å². The number of aliphatic imine (C=N–C) groups is 1. The van der Waals surface area contributed by atoms with Crippen molar-refractivity contribution in [3.63, 3.8) is 0 Å². The molecule has 0 unspecified atom stereocenters. The van der Waals surface area contributed by atoms with E-state index in [0.717, 1.165) is 51.8 Å². The first-order valence-corrected chi connectivity index (χ1v) is 9.25. The maximum Gasteiger partial charge on any atom is 0.191 e. The number of hydrogen-bond donors (Lipinski definition) is 2. The molecule has 5 nitrogen and oxygen atoms in total. The Kier molecular flexibility index (Phi) is 7.26. The van der Waals surface area contributed by atoms with E-state index in [4.69, 9.17) is 4.74 Å². The summed E-state index contributed by atoms with van der Waals surface area (Å²) in [6.07, 6.45) is 0.996. The Hall–Kier alpha value is -1.59. The van der Waals surface area contributed by atoms with Crippen LogP contribution in [-0.4, -0.2) is 62.8 Å². The molecule has 25 heavy (non-hydrogen) atoms. The molecular weight excluding hydrogens is 312 g/mol. The van der Waals surface area contributed by atoms with E-state index in [0.29, 0.717) is 0 Å². The maximum atomic E-state index is 5.46. The first-order chi connectivity index (χ1) is 11.9. The van der Waals surface area contributed by atoms with E-state index in [1.165, 1.54) is 16.7 Å². The van der Waals surface area contributed by atoms with Gasteiger partial charge in [0.2, 0.25) is 0 Å². The van der Waals surface area contributed by atoms with Crippen LogP contribution in [0.5, 0.6) is 0 Å². The quantitative estimate of drug-likeness (QED) is 0.612. The van der Waals surface area contributed by atoms with Crippen LogP contribution < -0.4 is 10.6 Å². The van der Waals surface area contributed by atoms with Crippen molar-refractivity contribution in [2.45, 2.75) is 39.7 Å². The molecule has 1 aliphatic heterocycles. The highest BCUT2D eigenvalue weighted by Crippen LogP contribution is 2.15. The highest BCUT2D eigenvalue weighted by molar-refractivity contribution is 5.79. The molecule has 0 bridgehead atoms. The molecule has 1 aliphatic rings. The van der Waals surface area contributed by atoms with Crippen molar-refractivity contribution in [2.75, 3.05) is 46.4 Å². The molecule has 140 valence electrons. The predicted molar refractivity (Wildman–Crippen MR) is 105 cm³/mol. The molecule has 1 heterocycles. The number of benzene rings is 1. The largest absolute Gasteiger partial charge is 0.379 e. The van der Waals surface area contributed by atoms with Gasteiger partial charge in [-0.25, -0.2) is 0 Å². The summed E-state index contributed by atoms with van der Waals surface area (Å²) >= 11 is 0. The first-order valence-electron chi connectivity index (χ1n) is 9.25. The molecule has 2 N–H and O–H groups in total. The fourth-order valence-corrected chi connectivity index (χ4v) is 3.34. The van der Waals surface area contributed by atoms with Gasteiger partial charge in [-0.05, 0) is 39.7 Å². The molecule has 1 aromatic rings. The third-order valence-electron chi connectivity index (χ3n) is 4.77. The van der Waals surface area contributed by atoms with E-state index in [1.54, 1.807) is 0 Å². The van der Waals surface area contributed by atoms with Gasteiger partial charge in [0.25, 0.3) is 0 Å². The number of guanidine groups is 1. The van der Waals surface area contributed by atoms with Crippen LogP contribution in [0.2, 0.25) is 0 Å². The zero-order valence-electron chi connectivity index (χ0n) is 16.5. The van der Waals surface area contributed by atoms with Gasteiger partial charge in [-0.15, -0.1) is 0 Å². The second-order valence-corrected chi connectivity index (χ2v) is 7.51. The molecule has 5 heteroatoms. The molecule has 1 saturated heterocycles. The third-order valence-corrected chi connectivity index (χ3v) is 4.77. The van der Waals surface area contributed by atoms with Crippen LogP contribution in [0, 0.1) is 13.8 Å². The fourth-order valence-electron chi connectivity index (χ4n) is 3.34. The monoisotopic (exact) mass is 346 g/mol. The molecule has 0 saturated carbocycles. The summed E-state index contributed by atoms with van der Waals surface area (Å²) < 4.78 is 5.46. The molecule has 0 aliphatic carbocycles. The van der Waals surface area contributed by atoms with Crippen molar-refractivity contribution < 1.29 is 4.74 Å². The highest BCUT2D eigenvalue weighted by Gasteiger charge is 2.28. The van der Waals surface area contributed by atoms with Gasteiger partial charge in [-0.1, -0.05) is 29.3 Å². The Bertz CT molecular complexity index is 557. The van der Waals surface area contributed by atoms with Crippen molar-refractivity contribution in [3.8, 4) is 0 Å². The minimum atomic E-state index is 0.0784. The lowest BCUT2D eigenvalue weighted by molar-refractivity contribution is -0.00833. The van der Waals surface area contributed by atoms with Gasteiger partial charge >= 0.3 is 0 Å². The van der Waals surface area contributed by atoms with Crippen LogP contribution in [0.3, 0.4) is 0 Å². The van der Waals surface area contributed by atoms with E-state index in [1.807, 2.05) is 7.05 Å². The lowest BCUT2D eigenvalue weighted by Gasteiger charge is -2.41. The van der Waals surface area contributed by atoms with E-state index in [-0.39, 0.29) is 5.54 Å². The van der Waals surface area contributed by atoms with Crippen LogP contribution in [0.1, 0.15) is 30.5 Å². The Morgan fingerprint density at radius 3 is 2.36 bits per heavy atom. The van der Waals surface area contributed by atoms with Crippen LogP contribution in [0.15, 0.2) is 23.2 Å². The zero-order valence-corrected chi connectivity index (χ0v) is 16.5. The molecule has 0 aromatic heterocycles. The Morgan fingerprint density at radius 2 is 1.76 bits per heavy atom. The molecule has 0 radical (unpaired) electrons. The maximum absolute atomic E-state index is 5.46. The van der Waals surface area contributed by atoms with Gasteiger partial charge < -0.3 is 15.4 Å². The van der Waals surface area contributed by atoms with E-state index >= 15 is 0 Å². The van der Waals surface area contributed by atoms with Crippen LogP contribution in [-0.2, 0) is 11.2 Å². The fraction of sp³-hybridized carbons (Fsp3) is 0.650. The van der Waals surface area contributed by atoms with Gasteiger partial charge in [0.1, 0.15) is 0 Å². The number of nitrogens with zero attached hydrogens (tertiary/aromatic N) is 2. The summed E-state index contributed by atoms with van der Waals surface area (Å²) in [4.78, 5) is 6.83. The summed E-state index contributed by atoms with van der Waals surface area (Å²) in [7, 11) is 1.83. The predicted octanol–water partition coefficient (Wildman–Crippen LogP) is 2.12. The molecule has 1 aromatic carbocycles. The minimum absolute atomic E-state index is 0.0784. The number of aryl methyl sites for hydroxylation is 2. The number of nitrogens with one attached hydrogen (secondary N) is 2. The Morgan fingerprint density at radius 1 is 1.12 bits per heavy atom. The molecule has 0 amide bonds. The highest BCUT2D eigenvalue weighted by atomic mass is 16.5. The lowest BCUT2D eigenvalue weighted by atomic mass is 10.0. The molecule has 0 spiro atoms. The standard InChI is InChI=1S/C20H34N4O/c1-16-12-17(2)14-18(13-16)6-7-22-19(21-5)23-15-20(3,4)24-8-10-25-11-9-24/h12-14H,6-11,15H2,1-5H3,(H2,21,22,23). The summed E-state index contributed by atoms with van der Waals surface area (Å²) in [6, 6.07) is 6.73. The lowest BCUT2D eigenvalue weighted by Crippen LogP contribution is -2.56. The van der Waals surface area contributed by atoms with Crippen molar-refractivity contribution in [3.05, 3.63) is 34.9 Å². The minimum Gasteiger partial charge on any atom is -0.379 e. The van der Waals surface area contributed by atoms with Crippen molar-refractivity contribution in [2.24, 2.45) is 4.99 Å². The van der Waals surface area contributed by atoms with Crippen LogP contribution in [0.4, 0.5) is 0 Å². The first kappa shape index (κ1) is 19.7. The Labute approximate surface area is 152 Å². The summed E-state index contributed by atoms with van der Waals surface area (Å²) in [5.74, 6) is 0.866. The van der Waals surface area contributed by atoms with Crippen LogP contribution >= 0.6 is 0 Å². The van der Waals surface area contributed by atoms with Gasteiger partial charge in [-0.3, -0.25) is 9.89 Å². The van der Waals surface area contributed by atoms with E-state index in [9.17, 15) is 0 Å². The van der Waals surface area contributed by atoms with Gasteiger partial charge in [-0.2, -0.15) is 0 Å². The average molecular weight is 347 g/mol. The van der Waals surface area contributed by atoms with Crippen molar-refractivity contribution in [1.29, 1.82) is 0 Å². The SMILES string of the molecule is CN=C(NCCc1cc(C)cc(C)c1)NCC(C)(C)N1CCOCC1. The summed E-state index contributed by atoms with van der Waals surface area (Å²) in [5.41, 5.74) is 4.10. The van der Waals surface area contributed by atoms with Crippen LogP contribution in [0.25, 0.3) is 0 Å². The number of ether oxygens (including phenoxy) is 1. The summed E-state index contributed by atoms with van der Waals surface area (Å²) in [6.45, 7) is 14.2. The third kappa shape index (κ3) is 6.33.